The van der Waals surface area contributed by atoms with Crippen LogP contribution in [0.25, 0.3) is 0 Å². The van der Waals surface area contributed by atoms with Gasteiger partial charge in [0.2, 0.25) is 0 Å². The number of hydrogen-bond donors (Lipinski definition) is 1. The Morgan fingerprint density at radius 2 is 2.10 bits per heavy atom. The Hall–Kier alpha value is -1.27. The van der Waals surface area contributed by atoms with Crippen molar-refractivity contribution in [1.82, 2.24) is 20.3 Å². The molecule has 4 nitrogen and oxygen atoms in total. The number of hydrogen-bond acceptors (Lipinski definition) is 3. The van der Waals surface area contributed by atoms with Gasteiger partial charge < -0.3 is 5.32 Å². The summed E-state index contributed by atoms with van der Waals surface area (Å²) < 4.78 is 15.4. The van der Waals surface area contributed by atoms with E-state index in [2.05, 4.69) is 52.3 Å². The molecule has 0 fully saturated rings. The molecule has 0 radical (unpaired) electrons. The summed E-state index contributed by atoms with van der Waals surface area (Å²) in [7, 11) is 0. The lowest BCUT2D eigenvalue weighted by atomic mass is 10.1. The molecule has 1 N–H and O–H groups in total. The van der Waals surface area contributed by atoms with E-state index in [9.17, 15) is 4.39 Å². The Labute approximate surface area is 126 Å². The van der Waals surface area contributed by atoms with Crippen molar-refractivity contribution in [2.75, 3.05) is 0 Å². The van der Waals surface area contributed by atoms with Gasteiger partial charge >= 0.3 is 0 Å². The van der Waals surface area contributed by atoms with Crippen LogP contribution in [0.3, 0.4) is 0 Å². The average Bonchev–Trinajstić information content (AvgIpc) is 2.78. The molecule has 0 bridgehead atoms. The van der Waals surface area contributed by atoms with Crippen LogP contribution in [0.4, 0.5) is 4.39 Å². The van der Waals surface area contributed by atoms with Gasteiger partial charge in [0.05, 0.1) is 22.9 Å². The molecule has 108 valence electrons. The van der Waals surface area contributed by atoms with Gasteiger partial charge in [-0.25, -0.2) is 9.07 Å². The van der Waals surface area contributed by atoms with Crippen molar-refractivity contribution in [3.63, 3.8) is 0 Å². The van der Waals surface area contributed by atoms with Crippen molar-refractivity contribution in [2.45, 2.75) is 39.4 Å². The zero-order chi connectivity index (χ0) is 14.8. The van der Waals surface area contributed by atoms with Crippen molar-refractivity contribution in [1.29, 1.82) is 0 Å². The second kappa shape index (κ2) is 6.01. The Kier molecular flexibility index (Phi) is 4.55. The van der Waals surface area contributed by atoms with Crippen molar-refractivity contribution in [2.24, 2.45) is 0 Å². The number of benzene rings is 1. The van der Waals surface area contributed by atoms with Gasteiger partial charge in [0.25, 0.3) is 0 Å². The summed E-state index contributed by atoms with van der Waals surface area (Å²) in [6.45, 7) is 7.56. The van der Waals surface area contributed by atoms with Crippen LogP contribution in [0.5, 0.6) is 0 Å². The second-order valence-electron chi connectivity index (χ2n) is 5.76. The fraction of sp³-hybridized carbons (Fsp3) is 0.429. The Morgan fingerprint density at radius 3 is 2.75 bits per heavy atom. The number of rotatable bonds is 4. The van der Waals surface area contributed by atoms with Gasteiger partial charge in [0.1, 0.15) is 5.82 Å². The van der Waals surface area contributed by atoms with Crippen molar-refractivity contribution >= 4 is 15.9 Å². The molecule has 0 aliphatic rings. The van der Waals surface area contributed by atoms with E-state index in [1.54, 1.807) is 16.8 Å². The topological polar surface area (TPSA) is 42.7 Å². The molecular formula is C14H18BrFN4. The monoisotopic (exact) mass is 340 g/mol. The predicted molar refractivity (Wildman–Crippen MR) is 79.8 cm³/mol. The minimum atomic E-state index is -0.262. The first-order chi connectivity index (χ1) is 9.33. The molecule has 6 heteroatoms. The molecule has 0 unspecified atom stereocenters. The van der Waals surface area contributed by atoms with E-state index in [1.165, 1.54) is 6.07 Å². The van der Waals surface area contributed by atoms with Gasteiger partial charge in [-0.05, 0) is 54.4 Å². The zero-order valence-electron chi connectivity index (χ0n) is 11.8. The van der Waals surface area contributed by atoms with E-state index in [4.69, 9.17) is 0 Å². The van der Waals surface area contributed by atoms with Gasteiger partial charge in [-0.3, -0.25) is 0 Å². The highest BCUT2D eigenvalue weighted by atomic mass is 79.9. The van der Waals surface area contributed by atoms with Crippen LogP contribution < -0.4 is 5.32 Å². The molecule has 0 saturated carbocycles. The first-order valence-electron chi connectivity index (χ1n) is 6.41. The fourth-order valence-corrected chi connectivity index (χ4v) is 2.10. The van der Waals surface area contributed by atoms with E-state index in [1.807, 2.05) is 6.20 Å². The summed E-state index contributed by atoms with van der Waals surface area (Å²) >= 11 is 3.18. The summed E-state index contributed by atoms with van der Waals surface area (Å²) in [6, 6.07) is 4.94. The fourth-order valence-electron chi connectivity index (χ4n) is 1.68. The number of nitrogens with one attached hydrogen (secondary N) is 1. The van der Waals surface area contributed by atoms with E-state index in [0.29, 0.717) is 17.6 Å². The molecule has 0 saturated heterocycles. The van der Waals surface area contributed by atoms with Crippen LogP contribution in [0, 0.1) is 5.82 Å². The molecule has 0 aliphatic heterocycles. The molecule has 2 aromatic rings. The number of nitrogens with zero attached hydrogens (tertiary/aromatic N) is 3. The van der Waals surface area contributed by atoms with Crippen molar-refractivity contribution in [3.8, 4) is 0 Å². The molecule has 0 atom stereocenters. The largest absolute Gasteiger partial charge is 0.306 e. The van der Waals surface area contributed by atoms with E-state index in [0.717, 1.165) is 11.3 Å². The van der Waals surface area contributed by atoms with Gasteiger partial charge in [0.15, 0.2) is 0 Å². The predicted octanol–water partition coefficient (Wildman–Crippen LogP) is 3.12. The smallest absolute Gasteiger partial charge is 0.137 e. The standard InChI is InChI=1S/C14H18BrFN4/c1-14(2,3)17-7-11-9-20(19-18-11)8-10-4-5-13(16)12(15)6-10/h4-6,9,17H,7-8H2,1-3H3. The summed E-state index contributed by atoms with van der Waals surface area (Å²) in [4.78, 5) is 0. The molecule has 20 heavy (non-hydrogen) atoms. The maximum atomic E-state index is 13.2. The van der Waals surface area contributed by atoms with Crippen LogP contribution >= 0.6 is 15.9 Å². The number of halogens is 2. The van der Waals surface area contributed by atoms with Crippen LogP contribution in [0.15, 0.2) is 28.9 Å². The lowest BCUT2D eigenvalue weighted by Gasteiger charge is -2.19. The van der Waals surface area contributed by atoms with E-state index < -0.39 is 0 Å². The molecule has 1 aromatic carbocycles. The molecule has 1 heterocycles. The quantitative estimate of drug-likeness (QED) is 0.929. The molecule has 1 aromatic heterocycles. The highest BCUT2D eigenvalue weighted by molar-refractivity contribution is 9.10. The summed E-state index contributed by atoms with van der Waals surface area (Å²) in [5, 5.41) is 11.6. The lowest BCUT2D eigenvalue weighted by molar-refractivity contribution is 0.421. The second-order valence-corrected chi connectivity index (χ2v) is 6.61. The zero-order valence-corrected chi connectivity index (χ0v) is 13.4. The van der Waals surface area contributed by atoms with Gasteiger partial charge in [-0.2, -0.15) is 0 Å². The highest BCUT2D eigenvalue weighted by Gasteiger charge is 2.10. The molecule has 0 spiro atoms. The first kappa shape index (κ1) is 15.1. The molecule has 0 amide bonds. The van der Waals surface area contributed by atoms with Crippen LogP contribution in [-0.4, -0.2) is 20.5 Å². The maximum Gasteiger partial charge on any atom is 0.137 e. The number of aromatic nitrogens is 3. The van der Waals surface area contributed by atoms with Gasteiger partial charge in [-0.1, -0.05) is 11.3 Å². The SMILES string of the molecule is CC(C)(C)NCc1cn(Cc2ccc(F)c(Br)c2)nn1. The van der Waals surface area contributed by atoms with Crippen LogP contribution in [-0.2, 0) is 13.1 Å². The Morgan fingerprint density at radius 1 is 1.35 bits per heavy atom. The summed E-state index contributed by atoms with van der Waals surface area (Å²) in [6.07, 6.45) is 1.90. The highest BCUT2D eigenvalue weighted by Crippen LogP contribution is 2.17. The maximum absolute atomic E-state index is 13.2. The van der Waals surface area contributed by atoms with Crippen molar-refractivity contribution in [3.05, 3.63) is 45.9 Å². The minimum Gasteiger partial charge on any atom is -0.306 e. The molecule has 0 aliphatic carbocycles. The summed E-state index contributed by atoms with van der Waals surface area (Å²) in [5.41, 5.74) is 1.91. The van der Waals surface area contributed by atoms with E-state index in [-0.39, 0.29) is 11.4 Å². The minimum absolute atomic E-state index is 0.0472. The molecule has 2 rings (SSSR count). The molecular weight excluding hydrogens is 323 g/mol. The Bertz CT molecular complexity index is 589. The third-order valence-electron chi connectivity index (χ3n) is 2.71. The van der Waals surface area contributed by atoms with E-state index >= 15 is 0 Å². The van der Waals surface area contributed by atoms with Gasteiger partial charge in [0, 0.05) is 12.1 Å². The summed E-state index contributed by atoms with van der Waals surface area (Å²) in [5.74, 6) is -0.262. The lowest BCUT2D eigenvalue weighted by Crippen LogP contribution is -2.35. The van der Waals surface area contributed by atoms with Crippen LogP contribution in [0.1, 0.15) is 32.0 Å². The third kappa shape index (κ3) is 4.38. The van der Waals surface area contributed by atoms with Crippen molar-refractivity contribution < 1.29 is 4.39 Å². The van der Waals surface area contributed by atoms with Gasteiger partial charge in [-0.15, -0.1) is 5.10 Å². The first-order valence-corrected chi connectivity index (χ1v) is 7.21. The normalized spacial score (nSPS) is 11.8. The average molecular weight is 341 g/mol. The Balaban J connectivity index is 2.00. The van der Waals surface area contributed by atoms with Crippen LogP contribution in [0.2, 0.25) is 0 Å². The third-order valence-corrected chi connectivity index (χ3v) is 3.32.